The zero-order chi connectivity index (χ0) is 9.26. The Morgan fingerprint density at radius 1 is 1.54 bits per heavy atom. The zero-order valence-electron chi connectivity index (χ0n) is 8.03. The van der Waals surface area contributed by atoms with Gasteiger partial charge in [-0.15, -0.1) is 0 Å². The van der Waals surface area contributed by atoms with Crippen molar-refractivity contribution in [2.45, 2.75) is 19.3 Å². The molecule has 0 aromatic rings. The van der Waals surface area contributed by atoms with E-state index in [-0.39, 0.29) is 0 Å². The number of allylic oxidation sites excluding steroid dienone is 5. The maximum absolute atomic E-state index is 5.76. The lowest BCUT2D eigenvalue weighted by atomic mass is 9.83. The van der Waals surface area contributed by atoms with E-state index in [1.807, 2.05) is 7.05 Å². The Hall–Kier alpha value is -1.02. The van der Waals surface area contributed by atoms with Crippen LogP contribution >= 0.6 is 0 Å². The van der Waals surface area contributed by atoms with E-state index in [4.69, 9.17) is 5.84 Å². The number of hydrogen-bond donors (Lipinski definition) is 1. The van der Waals surface area contributed by atoms with Crippen LogP contribution in [-0.2, 0) is 0 Å². The smallest absolute Gasteiger partial charge is 0.0548 e. The van der Waals surface area contributed by atoms with Crippen LogP contribution in [0.15, 0.2) is 35.6 Å². The number of fused-ring (bicyclic) bond motifs is 1. The lowest BCUT2D eigenvalue weighted by molar-refractivity contribution is 0.428. The second-order valence-electron chi connectivity index (χ2n) is 3.74. The predicted octanol–water partition coefficient (Wildman–Crippen LogP) is 1.97. The molecule has 2 nitrogen and oxygen atoms in total. The molecule has 2 N–H and O–H groups in total. The van der Waals surface area contributed by atoms with Crippen molar-refractivity contribution < 1.29 is 0 Å². The van der Waals surface area contributed by atoms with E-state index in [0.29, 0.717) is 5.92 Å². The fourth-order valence-electron chi connectivity index (χ4n) is 2.09. The molecule has 13 heavy (non-hydrogen) atoms. The average Bonchev–Trinajstić information content (AvgIpc) is 2.17. The molecule has 0 radical (unpaired) electrons. The summed E-state index contributed by atoms with van der Waals surface area (Å²) in [4.78, 5) is 0. The minimum absolute atomic E-state index is 0.611. The molecule has 2 rings (SSSR count). The zero-order valence-corrected chi connectivity index (χ0v) is 8.03. The van der Waals surface area contributed by atoms with Gasteiger partial charge in [0, 0.05) is 13.0 Å². The molecule has 1 atom stereocenters. The van der Waals surface area contributed by atoms with E-state index < -0.39 is 0 Å². The number of nitrogens with two attached hydrogens (primary N) is 1. The number of hydrazine groups is 1. The minimum Gasteiger partial charge on any atom is -0.314 e. The normalized spacial score (nSPS) is 26.2. The summed E-state index contributed by atoms with van der Waals surface area (Å²) in [6, 6.07) is 0. The second-order valence-corrected chi connectivity index (χ2v) is 3.74. The van der Waals surface area contributed by atoms with Crippen LogP contribution in [0.25, 0.3) is 0 Å². The van der Waals surface area contributed by atoms with Crippen molar-refractivity contribution in [3.8, 4) is 0 Å². The van der Waals surface area contributed by atoms with E-state index in [1.54, 1.807) is 5.01 Å². The molecule has 2 aliphatic rings. The van der Waals surface area contributed by atoms with E-state index in [9.17, 15) is 0 Å². The van der Waals surface area contributed by atoms with Crippen molar-refractivity contribution in [3.63, 3.8) is 0 Å². The Labute approximate surface area is 79.4 Å². The molecule has 0 fully saturated rings. The molecule has 2 heteroatoms. The Morgan fingerprint density at radius 3 is 3.15 bits per heavy atom. The van der Waals surface area contributed by atoms with Gasteiger partial charge in [0.25, 0.3) is 0 Å². The predicted molar refractivity (Wildman–Crippen MR) is 54.6 cm³/mol. The largest absolute Gasteiger partial charge is 0.314 e. The monoisotopic (exact) mass is 176 g/mol. The molecule has 70 valence electrons. The third kappa shape index (κ3) is 1.54. The molecule has 0 aromatic heterocycles. The summed E-state index contributed by atoms with van der Waals surface area (Å²) in [5.74, 6) is 6.38. The Kier molecular flexibility index (Phi) is 2.23. The van der Waals surface area contributed by atoms with Crippen molar-refractivity contribution in [1.29, 1.82) is 0 Å². The van der Waals surface area contributed by atoms with Crippen LogP contribution in [0.2, 0.25) is 0 Å². The van der Waals surface area contributed by atoms with Crippen LogP contribution in [0.1, 0.15) is 19.3 Å². The van der Waals surface area contributed by atoms with Crippen molar-refractivity contribution in [2.24, 2.45) is 11.8 Å². The molecule has 0 aliphatic heterocycles. The Balaban J connectivity index is 2.31. The highest BCUT2D eigenvalue weighted by molar-refractivity contribution is 5.41. The first-order valence-corrected chi connectivity index (χ1v) is 4.86. The third-order valence-corrected chi connectivity index (χ3v) is 2.76. The molecule has 0 spiro atoms. The maximum Gasteiger partial charge on any atom is 0.0548 e. The fourth-order valence-corrected chi connectivity index (χ4v) is 2.09. The Bertz CT molecular complexity index is 284. The molecule has 0 amide bonds. The highest BCUT2D eigenvalue weighted by Crippen LogP contribution is 2.33. The summed E-state index contributed by atoms with van der Waals surface area (Å²) < 4.78 is 0. The van der Waals surface area contributed by atoms with Crippen molar-refractivity contribution in [1.82, 2.24) is 5.01 Å². The first-order valence-electron chi connectivity index (χ1n) is 4.86. The van der Waals surface area contributed by atoms with Gasteiger partial charge in [-0.3, -0.25) is 0 Å². The molecule has 0 aromatic carbocycles. The van der Waals surface area contributed by atoms with Crippen LogP contribution < -0.4 is 5.84 Å². The summed E-state index contributed by atoms with van der Waals surface area (Å²) in [7, 11) is 1.90. The van der Waals surface area contributed by atoms with Crippen LogP contribution in [0.3, 0.4) is 0 Å². The van der Waals surface area contributed by atoms with Gasteiger partial charge < -0.3 is 5.01 Å². The average molecular weight is 176 g/mol. The van der Waals surface area contributed by atoms with E-state index >= 15 is 0 Å². The first kappa shape index (κ1) is 8.57. The van der Waals surface area contributed by atoms with Gasteiger partial charge in [0.1, 0.15) is 0 Å². The van der Waals surface area contributed by atoms with Gasteiger partial charge >= 0.3 is 0 Å². The van der Waals surface area contributed by atoms with Crippen molar-refractivity contribution in [3.05, 3.63) is 35.6 Å². The highest BCUT2D eigenvalue weighted by Gasteiger charge is 2.21. The quantitative estimate of drug-likeness (QED) is 0.489. The molecular weight excluding hydrogens is 160 g/mol. The van der Waals surface area contributed by atoms with Gasteiger partial charge in [-0.1, -0.05) is 18.2 Å². The molecule has 0 saturated heterocycles. The third-order valence-electron chi connectivity index (χ3n) is 2.76. The SMILES string of the molecule is CN(N)C1=CC=CC2CCCC=C12. The molecule has 2 aliphatic carbocycles. The number of nitrogens with zero attached hydrogens (tertiary/aromatic N) is 1. The highest BCUT2D eigenvalue weighted by atomic mass is 15.4. The fraction of sp³-hybridized carbons (Fsp3) is 0.455. The van der Waals surface area contributed by atoms with Crippen LogP contribution in [0.4, 0.5) is 0 Å². The summed E-state index contributed by atoms with van der Waals surface area (Å²) in [5, 5.41) is 1.72. The number of hydrogen-bond acceptors (Lipinski definition) is 2. The summed E-state index contributed by atoms with van der Waals surface area (Å²) >= 11 is 0. The number of likely N-dealkylation sites (N-methyl/N-ethyl adjacent to an activating group) is 1. The van der Waals surface area contributed by atoms with E-state index in [0.717, 1.165) is 0 Å². The lowest BCUT2D eigenvalue weighted by Gasteiger charge is -2.29. The maximum atomic E-state index is 5.76. The summed E-state index contributed by atoms with van der Waals surface area (Å²) in [6.45, 7) is 0. The van der Waals surface area contributed by atoms with Gasteiger partial charge in [-0.25, -0.2) is 5.84 Å². The summed E-state index contributed by atoms with van der Waals surface area (Å²) in [6.07, 6.45) is 12.6. The minimum atomic E-state index is 0.611. The van der Waals surface area contributed by atoms with Crippen LogP contribution in [0, 0.1) is 5.92 Å². The van der Waals surface area contributed by atoms with Gasteiger partial charge in [0.05, 0.1) is 5.70 Å². The van der Waals surface area contributed by atoms with Gasteiger partial charge in [-0.2, -0.15) is 0 Å². The molecule has 0 heterocycles. The Morgan fingerprint density at radius 2 is 2.38 bits per heavy atom. The molecule has 0 bridgehead atoms. The molecule has 1 unspecified atom stereocenters. The topological polar surface area (TPSA) is 29.3 Å². The summed E-state index contributed by atoms with van der Waals surface area (Å²) in [5.41, 5.74) is 2.59. The molecular formula is C11H16N2. The standard InChI is InChI=1S/C11H16N2/c1-13(12)11-8-4-6-9-5-2-3-7-10(9)11/h4,6-9H,2-3,5,12H2,1H3. The van der Waals surface area contributed by atoms with Gasteiger partial charge in [0.2, 0.25) is 0 Å². The van der Waals surface area contributed by atoms with Crippen molar-refractivity contribution in [2.75, 3.05) is 7.05 Å². The van der Waals surface area contributed by atoms with Gasteiger partial charge in [0.15, 0.2) is 0 Å². The van der Waals surface area contributed by atoms with E-state index in [1.165, 1.54) is 30.5 Å². The number of rotatable bonds is 1. The first-order chi connectivity index (χ1) is 6.29. The van der Waals surface area contributed by atoms with Gasteiger partial charge in [-0.05, 0) is 30.9 Å². The molecule has 0 saturated carbocycles. The second kappa shape index (κ2) is 3.38. The van der Waals surface area contributed by atoms with Crippen LogP contribution in [0.5, 0.6) is 0 Å². The van der Waals surface area contributed by atoms with Crippen LogP contribution in [-0.4, -0.2) is 12.1 Å². The lowest BCUT2D eigenvalue weighted by Crippen LogP contribution is -2.29. The van der Waals surface area contributed by atoms with Crippen molar-refractivity contribution >= 4 is 0 Å². The van der Waals surface area contributed by atoms with E-state index in [2.05, 4.69) is 24.3 Å².